The summed E-state index contributed by atoms with van der Waals surface area (Å²) < 4.78 is 5.49. The normalized spacial score (nSPS) is 10.3. The Bertz CT molecular complexity index is 606. The fourth-order valence-electron chi connectivity index (χ4n) is 1.45. The summed E-state index contributed by atoms with van der Waals surface area (Å²) in [5.74, 6) is -0.468. The number of nitrogens with one attached hydrogen (secondary N) is 1. The van der Waals surface area contributed by atoms with E-state index in [1.54, 1.807) is 35.1 Å². The molecule has 0 saturated carbocycles. The van der Waals surface area contributed by atoms with Crippen molar-refractivity contribution < 1.29 is 13.0 Å². The van der Waals surface area contributed by atoms with Gasteiger partial charge in [-0.3, -0.25) is 9.78 Å². The topological polar surface area (TPSA) is 84.3 Å². The van der Waals surface area contributed by atoms with Crippen molar-refractivity contribution >= 4 is 62.4 Å². The quantitative estimate of drug-likeness (QED) is 0.408. The molecule has 0 bridgehead atoms. The van der Waals surface area contributed by atoms with Gasteiger partial charge in [-0.2, -0.15) is 0 Å². The summed E-state index contributed by atoms with van der Waals surface area (Å²) in [7, 11) is 0. The van der Waals surface area contributed by atoms with E-state index < -0.39 is 5.91 Å². The van der Waals surface area contributed by atoms with Gasteiger partial charge in [0.2, 0.25) is 5.88 Å². The average molecular weight is 471 g/mol. The highest BCUT2D eigenvalue weighted by Gasteiger charge is 2.20. The fraction of sp³-hybridized carbons (Fsp3) is 0.100. The molecule has 0 aromatic carbocycles. The van der Waals surface area contributed by atoms with Gasteiger partial charge in [-0.25, -0.2) is 4.98 Å². The molecule has 2 heterocycles. The molecule has 2 rings (SSSR count). The van der Waals surface area contributed by atoms with Crippen LogP contribution in [0.3, 0.4) is 0 Å². The number of hydrogen-bond donors (Lipinski definition) is 2. The van der Waals surface area contributed by atoms with Crippen molar-refractivity contribution in [3.8, 4) is 11.6 Å². The molecule has 1 amide bonds. The zero-order chi connectivity index (χ0) is 13.1. The summed E-state index contributed by atoms with van der Waals surface area (Å²) in [5.41, 5.74) is 0.197. The highest BCUT2D eigenvalue weighted by molar-refractivity contribution is 14.1. The Hall–Kier alpha value is -0.910. The van der Waals surface area contributed by atoms with Gasteiger partial charge >= 0.3 is 0 Å². The largest absolute Gasteiger partial charge is 0.504 e. The van der Waals surface area contributed by atoms with Crippen LogP contribution in [-0.4, -0.2) is 25.5 Å². The molecule has 0 radical (unpaired) electrons. The van der Waals surface area contributed by atoms with Crippen molar-refractivity contribution in [3.05, 3.63) is 24.0 Å². The summed E-state index contributed by atoms with van der Waals surface area (Å²) in [6.45, 7) is 0. The number of carbonyl (C=O) groups is 1. The van der Waals surface area contributed by atoms with Crippen molar-refractivity contribution in [1.82, 2.24) is 15.3 Å². The number of halogens is 2. The van der Waals surface area contributed by atoms with E-state index in [0.717, 1.165) is 0 Å². The van der Waals surface area contributed by atoms with Gasteiger partial charge in [0.1, 0.15) is 5.52 Å². The third-order valence-electron chi connectivity index (χ3n) is 2.22. The van der Waals surface area contributed by atoms with Crippen LogP contribution < -0.4 is 8.38 Å². The number of fused-ring (bicyclic) bond motifs is 1. The SMILES string of the molecule is O=C(NCI)c1nc(OI)c2cccnc2c1O. The summed E-state index contributed by atoms with van der Waals surface area (Å²) >= 11 is 3.66. The van der Waals surface area contributed by atoms with Crippen LogP contribution in [0, 0.1) is 0 Å². The van der Waals surface area contributed by atoms with E-state index in [-0.39, 0.29) is 22.8 Å². The molecule has 2 aromatic rings. The Kier molecular flexibility index (Phi) is 4.37. The van der Waals surface area contributed by atoms with Gasteiger partial charge in [-0.15, -0.1) is 0 Å². The zero-order valence-electron chi connectivity index (χ0n) is 8.85. The second-order valence-corrected chi connectivity index (χ2v) is 4.43. The van der Waals surface area contributed by atoms with E-state index in [0.29, 0.717) is 9.94 Å². The van der Waals surface area contributed by atoms with E-state index in [2.05, 4.69) is 15.3 Å². The summed E-state index contributed by atoms with van der Waals surface area (Å²) in [4.78, 5) is 19.8. The molecule has 94 valence electrons. The van der Waals surface area contributed by atoms with Crippen LogP contribution in [0.15, 0.2) is 18.3 Å². The third-order valence-corrected chi connectivity index (χ3v) is 3.01. The Morgan fingerprint density at radius 3 is 3.00 bits per heavy atom. The molecule has 18 heavy (non-hydrogen) atoms. The molecule has 6 nitrogen and oxygen atoms in total. The van der Waals surface area contributed by atoms with Crippen molar-refractivity contribution in [2.45, 2.75) is 0 Å². The van der Waals surface area contributed by atoms with Gasteiger partial charge in [0.05, 0.1) is 9.94 Å². The molecule has 0 atom stereocenters. The maximum absolute atomic E-state index is 11.8. The minimum Gasteiger partial charge on any atom is -0.504 e. The van der Waals surface area contributed by atoms with Gasteiger partial charge < -0.3 is 13.5 Å². The summed E-state index contributed by atoms with van der Waals surface area (Å²) in [5, 5.41) is 13.1. The van der Waals surface area contributed by atoms with Crippen molar-refractivity contribution in [3.63, 3.8) is 0 Å². The van der Waals surface area contributed by atoms with Crippen LogP contribution in [0.5, 0.6) is 11.6 Å². The molecular formula is C10H7I2N3O3. The molecule has 0 spiro atoms. The first kappa shape index (κ1) is 13.5. The smallest absolute Gasteiger partial charge is 0.274 e. The average Bonchev–Trinajstić information content (AvgIpc) is 2.40. The highest BCUT2D eigenvalue weighted by atomic mass is 127. The molecule has 0 aliphatic carbocycles. The van der Waals surface area contributed by atoms with Crippen LogP contribution in [-0.2, 0) is 0 Å². The van der Waals surface area contributed by atoms with E-state index in [4.69, 9.17) is 3.07 Å². The first-order valence-corrected chi connectivity index (χ1v) is 7.20. The number of aromatic nitrogens is 2. The van der Waals surface area contributed by atoms with E-state index in [9.17, 15) is 9.90 Å². The molecule has 8 heteroatoms. The molecule has 0 fully saturated rings. The second-order valence-electron chi connectivity index (χ2n) is 3.23. The van der Waals surface area contributed by atoms with Crippen LogP contribution in [0.2, 0.25) is 0 Å². The Morgan fingerprint density at radius 1 is 1.56 bits per heavy atom. The number of aromatic hydroxyl groups is 1. The van der Waals surface area contributed by atoms with Gasteiger partial charge in [-0.05, 0) is 12.1 Å². The lowest BCUT2D eigenvalue weighted by molar-refractivity contribution is 0.0954. The summed E-state index contributed by atoms with van der Waals surface area (Å²) in [6.07, 6.45) is 1.53. The van der Waals surface area contributed by atoms with Crippen molar-refractivity contribution in [2.75, 3.05) is 4.55 Å². The van der Waals surface area contributed by atoms with E-state index in [1.165, 1.54) is 6.20 Å². The highest BCUT2D eigenvalue weighted by Crippen LogP contribution is 2.32. The number of nitrogens with zero attached hydrogens (tertiary/aromatic N) is 2. The number of carbonyl (C=O) groups excluding carboxylic acids is 1. The van der Waals surface area contributed by atoms with Crippen molar-refractivity contribution in [2.24, 2.45) is 0 Å². The van der Waals surface area contributed by atoms with Gasteiger partial charge in [-0.1, -0.05) is 22.6 Å². The number of pyridine rings is 2. The predicted octanol–water partition coefficient (Wildman–Crippen LogP) is 2.19. The monoisotopic (exact) mass is 471 g/mol. The lowest BCUT2D eigenvalue weighted by Gasteiger charge is -2.08. The first-order chi connectivity index (χ1) is 8.69. The Labute approximate surface area is 130 Å². The molecule has 0 aliphatic heterocycles. The van der Waals surface area contributed by atoms with Gasteiger partial charge in [0.25, 0.3) is 5.91 Å². The summed E-state index contributed by atoms with van der Waals surface area (Å²) in [6, 6.07) is 3.41. The lowest BCUT2D eigenvalue weighted by Crippen LogP contribution is -2.22. The number of alkyl halides is 1. The second kappa shape index (κ2) is 5.82. The fourth-order valence-corrected chi connectivity index (χ4v) is 2.14. The minimum atomic E-state index is -0.468. The molecule has 0 saturated heterocycles. The molecule has 2 aromatic heterocycles. The van der Waals surface area contributed by atoms with Crippen molar-refractivity contribution in [1.29, 1.82) is 0 Å². The van der Waals surface area contributed by atoms with Crippen LogP contribution in [0.1, 0.15) is 10.5 Å². The predicted molar refractivity (Wildman–Crippen MR) is 82.2 cm³/mol. The van der Waals surface area contributed by atoms with Gasteiger partial charge in [0.15, 0.2) is 34.4 Å². The maximum atomic E-state index is 11.8. The van der Waals surface area contributed by atoms with Crippen LogP contribution >= 0.6 is 45.6 Å². The van der Waals surface area contributed by atoms with Crippen LogP contribution in [0.25, 0.3) is 10.9 Å². The molecular weight excluding hydrogens is 464 g/mol. The molecule has 0 aliphatic rings. The van der Waals surface area contributed by atoms with E-state index in [1.807, 2.05) is 22.6 Å². The standard InChI is InChI=1S/C10H7I2N3O3/c11-4-14-9(17)7-8(16)6-5(2-1-3-13-6)10(15-7)18-12/h1-3,16H,4H2,(H,14,17). The zero-order valence-corrected chi connectivity index (χ0v) is 13.2. The Morgan fingerprint density at radius 2 is 2.33 bits per heavy atom. The molecule has 2 N–H and O–H groups in total. The van der Waals surface area contributed by atoms with Gasteiger partial charge in [0, 0.05) is 6.20 Å². The maximum Gasteiger partial charge on any atom is 0.274 e. The number of amides is 1. The third kappa shape index (κ3) is 2.43. The number of hydrogen-bond acceptors (Lipinski definition) is 5. The minimum absolute atomic E-state index is 0.0930. The van der Waals surface area contributed by atoms with E-state index >= 15 is 0 Å². The lowest BCUT2D eigenvalue weighted by atomic mass is 10.2. The molecule has 0 unspecified atom stereocenters. The first-order valence-electron chi connectivity index (χ1n) is 4.79. The Balaban J connectivity index is 2.69. The van der Waals surface area contributed by atoms with Crippen LogP contribution in [0.4, 0.5) is 0 Å². The number of rotatable bonds is 3.